The summed E-state index contributed by atoms with van der Waals surface area (Å²) in [7, 11) is 0. The first-order valence-corrected chi connectivity index (χ1v) is 8.27. The molecule has 1 nitrogen and oxygen atoms in total. The van der Waals surface area contributed by atoms with Crippen LogP contribution in [0.4, 0.5) is 0 Å². The lowest BCUT2D eigenvalue weighted by molar-refractivity contribution is 0.655. The van der Waals surface area contributed by atoms with E-state index in [0.717, 1.165) is 11.2 Å². The second kappa shape index (κ2) is 4.73. The zero-order valence-electron chi connectivity index (χ0n) is 12.0. The fourth-order valence-electron chi connectivity index (χ4n) is 3.07. The summed E-state index contributed by atoms with van der Waals surface area (Å²) < 4.78 is 7.44. The van der Waals surface area contributed by atoms with Gasteiger partial charge in [-0.2, -0.15) is 0 Å². The summed E-state index contributed by atoms with van der Waals surface area (Å²) in [5, 5.41) is 5.04. The fourth-order valence-corrected chi connectivity index (χ4v) is 3.68. The Kier molecular flexibility index (Phi) is 2.96. The fraction of sp³-hybridized carbons (Fsp3) is 0.158. The van der Waals surface area contributed by atoms with Gasteiger partial charge in [-0.1, -0.05) is 50.2 Å². The van der Waals surface area contributed by atoms with E-state index in [4.69, 9.17) is 4.42 Å². The van der Waals surface area contributed by atoms with E-state index in [9.17, 15) is 0 Å². The van der Waals surface area contributed by atoms with Crippen LogP contribution in [0.15, 0.2) is 52.9 Å². The standard InChI is InChI=1S/C19H15IO/c1-11(2)15-10-12-6-3-4-7-13(12)17-14-8-5-9-16(20)18(14)21-19(15)17/h3-11H,1-2H3. The van der Waals surface area contributed by atoms with Gasteiger partial charge in [-0.3, -0.25) is 0 Å². The van der Waals surface area contributed by atoms with Crippen LogP contribution >= 0.6 is 22.6 Å². The number of hydrogen-bond donors (Lipinski definition) is 0. The maximum absolute atomic E-state index is 6.28. The Morgan fingerprint density at radius 2 is 1.67 bits per heavy atom. The summed E-state index contributed by atoms with van der Waals surface area (Å²) in [6.07, 6.45) is 0. The highest BCUT2D eigenvalue weighted by Crippen LogP contribution is 2.40. The molecule has 0 aliphatic carbocycles. The Hall–Kier alpha value is -1.55. The molecule has 104 valence electrons. The van der Waals surface area contributed by atoms with Gasteiger partial charge in [0, 0.05) is 10.8 Å². The van der Waals surface area contributed by atoms with Crippen molar-refractivity contribution in [1.82, 2.24) is 0 Å². The van der Waals surface area contributed by atoms with Gasteiger partial charge < -0.3 is 4.42 Å². The van der Waals surface area contributed by atoms with Crippen LogP contribution in [0.3, 0.4) is 0 Å². The molecule has 0 N–H and O–H groups in total. The van der Waals surface area contributed by atoms with Crippen LogP contribution in [0, 0.1) is 3.57 Å². The zero-order chi connectivity index (χ0) is 14.6. The highest BCUT2D eigenvalue weighted by Gasteiger charge is 2.17. The van der Waals surface area contributed by atoms with Crippen molar-refractivity contribution in [3.63, 3.8) is 0 Å². The van der Waals surface area contributed by atoms with Gasteiger partial charge in [-0.15, -0.1) is 0 Å². The molecule has 1 heterocycles. The summed E-state index contributed by atoms with van der Waals surface area (Å²) in [5.41, 5.74) is 3.34. The molecule has 0 fully saturated rings. The van der Waals surface area contributed by atoms with Gasteiger partial charge in [-0.25, -0.2) is 0 Å². The number of benzene rings is 3. The molecule has 0 aliphatic rings. The quantitative estimate of drug-likeness (QED) is 0.342. The van der Waals surface area contributed by atoms with Crippen LogP contribution in [0.2, 0.25) is 0 Å². The van der Waals surface area contributed by atoms with Crippen LogP contribution < -0.4 is 0 Å². The van der Waals surface area contributed by atoms with Crippen molar-refractivity contribution in [3.05, 3.63) is 57.7 Å². The molecule has 0 amide bonds. The van der Waals surface area contributed by atoms with Gasteiger partial charge in [0.05, 0.1) is 3.57 Å². The topological polar surface area (TPSA) is 13.1 Å². The lowest BCUT2D eigenvalue weighted by Gasteiger charge is -2.09. The van der Waals surface area contributed by atoms with E-state index >= 15 is 0 Å². The second-order valence-corrected chi connectivity index (χ2v) is 6.93. The third-order valence-electron chi connectivity index (χ3n) is 4.09. The number of rotatable bonds is 1. The average molecular weight is 386 g/mol. The van der Waals surface area contributed by atoms with Crippen molar-refractivity contribution in [2.45, 2.75) is 19.8 Å². The number of hydrogen-bond acceptors (Lipinski definition) is 1. The van der Waals surface area contributed by atoms with Crippen LogP contribution in [0.5, 0.6) is 0 Å². The van der Waals surface area contributed by atoms with E-state index in [1.54, 1.807) is 0 Å². The van der Waals surface area contributed by atoms with Crippen LogP contribution in [-0.2, 0) is 0 Å². The first-order chi connectivity index (χ1) is 10.2. The minimum Gasteiger partial charge on any atom is -0.455 e. The van der Waals surface area contributed by atoms with Gasteiger partial charge in [0.25, 0.3) is 0 Å². The monoisotopic (exact) mass is 386 g/mol. The molecule has 0 saturated heterocycles. The molecule has 0 radical (unpaired) electrons. The highest BCUT2D eigenvalue weighted by molar-refractivity contribution is 14.1. The van der Waals surface area contributed by atoms with E-state index < -0.39 is 0 Å². The molecule has 0 atom stereocenters. The molecule has 0 bridgehead atoms. The van der Waals surface area contributed by atoms with Crippen molar-refractivity contribution < 1.29 is 4.42 Å². The second-order valence-electron chi connectivity index (χ2n) is 5.76. The third-order valence-corrected chi connectivity index (χ3v) is 4.94. The Morgan fingerprint density at radius 1 is 0.905 bits per heavy atom. The summed E-state index contributed by atoms with van der Waals surface area (Å²) in [4.78, 5) is 0. The average Bonchev–Trinajstić information content (AvgIpc) is 2.87. The van der Waals surface area contributed by atoms with E-state index in [-0.39, 0.29) is 0 Å². The Morgan fingerprint density at radius 3 is 2.48 bits per heavy atom. The van der Waals surface area contributed by atoms with E-state index in [1.165, 1.54) is 30.7 Å². The van der Waals surface area contributed by atoms with Crippen LogP contribution in [0.1, 0.15) is 25.3 Å². The molecule has 3 aromatic carbocycles. The molecule has 1 aromatic heterocycles. The van der Waals surface area contributed by atoms with Gasteiger partial charge >= 0.3 is 0 Å². The number of furan rings is 1. The van der Waals surface area contributed by atoms with Crippen molar-refractivity contribution in [3.8, 4) is 0 Å². The van der Waals surface area contributed by atoms with Gasteiger partial charge in [-0.05, 0) is 57.0 Å². The molecule has 2 heteroatoms. The first-order valence-electron chi connectivity index (χ1n) is 7.19. The smallest absolute Gasteiger partial charge is 0.148 e. The third kappa shape index (κ3) is 1.89. The Labute approximate surface area is 137 Å². The number of halogens is 1. The molecular formula is C19H15IO. The van der Waals surface area contributed by atoms with Crippen molar-refractivity contribution in [1.29, 1.82) is 0 Å². The first kappa shape index (κ1) is 13.1. The molecule has 0 unspecified atom stereocenters. The van der Waals surface area contributed by atoms with Gasteiger partial charge in [0.2, 0.25) is 0 Å². The zero-order valence-corrected chi connectivity index (χ0v) is 14.1. The van der Waals surface area contributed by atoms with Crippen LogP contribution in [-0.4, -0.2) is 0 Å². The minimum absolute atomic E-state index is 0.440. The minimum atomic E-state index is 0.440. The van der Waals surface area contributed by atoms with E-state index in [2.05, 4.69) is 85.0 Å². The summed E-state index contributed by atoms with van der Waals surface area (Å²) in [5.74, 6) is 0.440. The normalized spacial score (nSPS) is 12.0. The molecule has 0 aliphatic heterocycles. The molecule has 4 rings (SSSR count). The molecular weight excluding hydrogens is 371 g/mol. The lowest BCUT2D eigenvalue weighted by atomic mass is 9.95. The molecule has 0 saturated carbocycles. The molecule has 4 aromatic rings. The number of fused-ring (bicyclic) bond motifs is 5. The maximum Gasteiger partial charge on any atom is 0.148 e. The maximum atomic E-state index is 6.28. The Balaban J connectivity index is 2.35. The van der Waals surface area contributed by atoms with E-state index in [0.29, 0.717) is 5.92 Å². The molecule has 0 spiro atoms. The predicted molar refractivity (Wildman–Crippen MR) is 98.0 cm³/mol. The van der Waals surface area contributed by atoms with Gasteiger partial charge in [0.15, 0.2) is 0 Å². The summed E-state index contributed by atoms with van der Waals surface area (Å²) in [6.45, 7) is 4.45. The Bertz CT molecular complexity index is 979. The summed E-state index contributed by atoms with van der Waals surface area (Å²) in [6, 6.07) is 17.2. The van der Waals surface area contributed by atoms with Gasteiger partial charge in [0.1, 0.15) is 11.2 Å². The lowest BCUT2D eigenvalue weighted by Crippen LogP contribution is -1.88. The highest BCUT2D eigenvalue weighted by atomic mass is 127. The summed E-state index contributed by atoms with van der Waals surface area (Å²) >= 11 is 2.35. The largest absolute Gasteiger partial charge is 0.455 e. The predicted octanol–water partition coefficient (Wildman–Crippen LogP) is 6.47. The van der Waals surface area contributed by atoms with Crippen LogP contribution in [0.25, 0.3) is 32.7 Å². The van der Waals surface area contributed by atoms with Crippen molar-refractivity contribution >= 4 is 55.3 Å². The molecule has 21 heavy (non-hydrogen) atoms. The van der Waals surface area contributed by atoms with E-state index in [1.807, 2.05) is 0 Å². The van der Waals surface area contributed by atoms with Crippen molar-refractivity contribution in [2.75, 3.05) is 0 Å². The SMILES string of the molecule is CC(C)c1cc2ccccc2c2c1oc1c(I)cccc12. The van der Waals surface area contributed by atoms with Crippen molar-refractivity contribution in [2.24, 2.45) is 0 Å². The number of para-hydroxylation sites is 1.